The Morgan fingerprint density at radius 3 is 2.16 bits per heavy atom. The van der Waals surface area contributed by atoms with Crippen LogP contribution in [-0.4, -0.2) is 0 Å². The minimum Gasteiger partial charge on any atom is -0.246 e. The lowest BCUT2D eigenvalue weighted by Gasteiger charge is -2.08. The van der Waals surface area contributed by atoms with Crippen LogP contribution in [0.5, 0.6) is 0 Å². The fraction of sp³-hybridized carbons (Fsp3) is 0.200. The summed E-state index contributed by atoms with van der Waals surface area (Å²) >= 11 is 0. The highest BCUT2D eigenvalue weighted by Crippen LogP contribution is 2.28. The molecule has 0 N–H and O–H groups in total. The fourth-order valence-electron chi connectivity index (χ4n) is 1.91. The second kappa shape index (κ2) is 5.43. The van der Waals surface area contributed by atoms with Gasteiger partial charge in [0.15, 0.2) is 11.6 Å². The Morgan fingerprint density at radius 1 is 0.895 bits per heavy atom. The molecule has 0 aromatic heterocycles. The summed E-state index contributed by atoms with van der Waals surface area (Å²) < 4.78 is 53.4. The van der Waals surface area contributed by atoms with Crippen molar-refractivity contribution in [1.29, 1.82) is 0 Å². The first-order chi connectivity index (χ1) is 9.08. The van der Waals surface area contributed by atoms with E-state index in [1.165, 1.54) is 24.3 Å². The number of alkyl halides is 1. The van der Waals surface area contributed by atoms with E-state index in [2.05, 4.69) is 0 Å². The molecule has 0 saturated heterocycles. The lowest BCUT2D eigenvalue weighted by Crippen LogP contribution is -1.97. The van der Waals surface area contributed by atoms with Gasteiger partial charge in [-0.2, -0.15) is 0 Å². The molecule has 0 heterocycles. The molecule has 0 unspecified atom stereocenters. The van der Waals surface area contributed by atoms with Gasteiger partial charge in [-0.1, -0.05) is 31.2 Å². The maximum Gasteiger partial charge on any atom is 0.166 e. The first kappa shape index (κ1) is 13.6. The summed E-state index contributed by atoms with van der Waals surface area (Å²) in [4.78, 5) is 0. The summed E-state index contributed by atoms with van der Waals surface area (Å²) in [5.74, 6) is -2.69. The predicted molar refractivity (Wildman–Crippen MR) is 65.9 cm³/mol. The Morgan fingerprint density at radius 2 is 1.58 bits per heavy atom. The van der Waals surface area contributed by atoms with Crippen LogP contribution in [0.2, 0.25) is 0 Å². The largest absolute Gasteiger partial charge is 0.246 e. The van der Waals surface area contributed by atoms with Crippen molar-refractivity contribution in [3.8, 4) is 11.1 Å². The SMILES string of the molecule is CCc1ccc(-c2ccc(CF)c(F)c2)c(F)c1F. The lowest BCUT2D eigenvalue weighted by atomic mass is 10.0. The molecule has 4 heteroatoms. The summed E-state index contributed by atoms with van der Waals surface area (Å²) in [5, 5.41) is 0. The molecule has 0 atom stereocenters. The molecular formula is C15H12F4. The van der Waals surface area contributed by atoms with Crippen LogP contribution in [0.25, 0.3) is 11.1 Å². The van der Waals surface area contributed by atoms with Crippen molar-refractivity contribution >= 4 is 0 Å². The molecule has 19 heavy (non-hydrogen) atoms. The van der Waals surface area contributed by atoms with Crippen LogP contribution in [0.4, 0.5) is 17.6 Å². The van der Waals surface area contributed by atoms with E-state index < -0.39 is 24.1 Å². The zero-order chi connectivity index (χ0) is 14.0. The Kier molecular flexibility index (Phi) is 3.88. The third-order valence-electron chi connectivity index (χ3n) is 3.05. The summed E-state index contributed by atoms with van der Waals surface area (Å²) in [6.07, 6.45) is 0.373. The first-order valence-electron chi connectivity index (χ1n) is 5.90. The Balaban J connectivity index is 2.53. The molecule has 2 aromatic rings. The maximum absolute atomic E-state index is 13.9. The van der Waals surface area contributed by atoms with Gasteiger partial charge < -0.3 is 0 Å². The summed E-state index contributed by atoms with van der Waals surface area (Å²) in [7, 11) is 0. The van der Waals surface area contributed by atoms with Crippen molar-refractivity contribution in [2.45, 2.75) is 20.0 Å². The zero-order valence-corrected chi connectivity index (χ0v) is 10.3. The van der Waals surface area contributed by atoms with E-state index in [9.17, 15) is 17.6 Å². The van der Waals surface area contributed by atoms with Gasteiger partial charge in [0, 0.05) is 11.1 Å². The normalized spacial score (nSPS) is 10.8. The quantitative estimate of drug-likeness (QED) is 0.701. The molecule has 2 rings (SSSR count). The molecule has 0 aliphatic carbocycles. The number of aryl methyl sites for hydroxylation is 1. The third-order valence-corrected chi connectivity index (χ3v) is 3.05. The van der Waals surface area contributed by atoms with E-state index in [0.29, 0.717) is 6.42 Å². The minimum atomic E-state index is -1.01. The monoisotopic (exact) mass is 268 g/mol. The smallest absolute Gasteiger partial charge is 0.166 e. The van der Waals surface area contributed by atoms with Gasteiger partial charge in [-0.25, -0.2) is 17.6 Å². The van der Waals surface area contributed by atoms with E-state index >= 15 is 0 Å². The van der Waals surface area contributed by atoms with Gasteiger partial charge >= 0.3 is 0 Å². The van der Waals surface area contributed by atoms with Crippen molar-refractivity contribution in [3.05, 3.63) is 58.9 Å². The molecule has 100 valence electrons. The molecule has 0 amide bonds. The van der Waals surface area contributed by atoms with Crippen LogP contribution in [0.15, 0.2) is 30.3 Å². The van der Waals surface area contributed by atoms with E-state index in [4.69, 9.17) is 0 Å². The van der Waals surface area contributed by atoms with Gasteiger partial charge in [0.1, 0.15) is 12.5 Å². The van der Waals surface area contributed by atoms with Crippen molar-refractivity contribution in [2.24, 2.45) is 0 Å². The lowest BCUT2D eigenvalue weighted by molar-refractivity contribution is 0.464. The predicted octanol–water partition coefficient (Wildman–Crippen LogP) is 4.80. The van der Waals surface area contributed by atoms with Gasteiger partial charge in [-0.3, -0.25) is 0 Å². The van der Waals surface area contributed by atoms with E-state index in [-0.39, 0.29) is 22.3 Å². The molecule has 0 spiro atoms. The number of hydrogen-bond donors (Lipinski definition) is 0. The van der Waals surface area contributed by atoms with Crippen LogP contribution >= 0.6 is 0 Å². The Bertz CT molecular complexity index is 605. The third kappa shape index (κ3) is 2.48. The van der Waals surface area contributed by atoms with Gasteiger partial charge in [-0.15, -0.1) is 0 Å². The number of hydrogen-bond acceptors (Lipinski definition) is 0. The molecule has 0 aliphatic heterocycles. The van der Waals surface area contributed by atoms with Gasteiger partial charge in [0.25, 0.3) is 0 Å². The van der Waals surface area contributed by atoms with Crippen LogP contribution in [-0.2, 0) is 13.1 Å². The fourth-order valence-corrected chi connectivity index (χ4v) is 1.91. The average Bonchev–Trinajstić information content (AvgIpc) is 2.41. The summed E-state index contributed by atoms with van der Waals surface area (Å²) in [5.41, 5.74) is 0.324. The molecule has 0 saturated carbocycles. The standard InChI is InChI=1S/C15H12F4/c1-2-9-5-6-12(15(19)14(9)18)10-3-4-11(8-16)13(17)7-10/h3-7H,2,8H2,1H3. The molecule has 0 radical (unpaired) electrons. The van der Waals surface area contributed by atoms with E-state index in [1.54, 1.807) is 6.92 Å². The second-order valence-corrected chi connectivity index (χ2v) is 4.19. The highest BCUT2D eigenvalue weighted by atomic mass is 19.2. The van der Waals surface area contributed by atoms with Crippen LogP contribution in [0, 0.1) is 17.5 Å². The van der Waals surface area contributed by atoms with Crippen molar-refractivity contribution < 1.29 is 17.6 Å². The first-order valence-corrected chi connectivity index (χ1v) is 5.90. The van der Waals surface area contributed by atoms with Crippen molar-refractivity contribution in [2.75, 3.05) is 0 Å². The van der Waals surface area contributed by atoms with Crippen molar-refractivity contribution in [3.63, 3.8) is 0 Å². The van der Waals surface area contributed by atoms with Crippen LogP contribution in [0.1, 0.15) is 18.1 Å². The highest BCUT2D eigenvalue weighted by Gasteiger charge is 2.14. The van der Waals surface area contributed by atoms with Gasteiger partial charge in [-0.05, 0) is 23.6 Å². The topological polar surface area (TPSA) is 0 Å². The second-order valence-electron chi connectivity index (χ2n) is 4.19. The van der Waals surface area contributed by atoms with E-state index in [0.717, 1.165) is 6.07 Å². The van der Waals surface area contributed by atoms with Gasteiger partial charge in [0.2, 0.25) is 0 Å². The molecule has 0 nitrogen and oxygen atoms in total. The number of halogens is 4. The number of rotatable bonds is 3. The average molecular weight is 268 g/mol. The molecule has 0 bridgehead atoms. The zero-order valence-electron chi connectivity index (χ0n) is 10.3. The Labute approximate surface area is 108 Å². The molecule has 0 fully saturated rings. The van der Waals surface area contributed by atoms with Crippen LogP contribution in [0.3, 0.4) is 0 Å². The molecular weight excluding hydrogens is 256 g/mol. The number of benzene rings is 2. The molecule has 2 aromatic carbocycles. The Hall–Kier alpha value is -1.84. The van der Waals surface area contributed by atoms with Gasteiger partial charge in [0.05, 0.1) is 0 Å². The minimum absolute atomic E-state index is 0.0287. The maximum atomic E-state index is 13.9. The molecule has 0 aliphatic rings. The highest BCUT2D eigenvalue weighted by molar-refractivity contribution is 5.65. The van der Waals surface area contributed by atoms with Crippen molar-refractivity contribution in [1.82, 2.24) is 0 Å². The van der Waals surface area contributed by atoms with E-state index in [1.807, 2.05) is 0 Å². The summed E-state index contributed by atoms with van der Waals surface area (Å²) in [6, 6.07) is 6.49. The van der Waals surface area contributed by atoms with Crippen LogP contribution < -0.4 is 0 Å². The summed E-state index contributed by atoms with van der Waals surface area (Å²) in [6.45, 7) is 0.783.